The van der Waals surface area contributed by atoms with Crippen molar-refractivity contribution in [2.45, 2.75) is 88.2 Å². The van der Waals surface area contributed by atoms with E-state index in [4.69, 9.17) is 9.11 Å². The zero-order valence-corrected chi connectivity index (χ0v) is 24.6. The van der Waals surface area contributed by atoms with E-state index in [9.17, 15) is 149 Å². The summed E-state index contributed by atoms with van der Waals surface area (Å²) in [6.07, 6.45) is -35.2. The summed E-state index contributed by atoms with van der Waals surface area (Å²) in [6.45, 7) is 0. The van der Waals surface area contributed by atoms with E-state index in [0.29, 0.717) is 0 Å². The third-order valence-electron chi connectivity index (χ3n) is 5.77. The molecule has 0 aromatic heterocycles. The van der Waals surface area contributed by atoms with Gasteiger partial charge < -0.3 is 0 Å². The lowest BCUT2D eigenvalue weighted by Gasteiger charge is -2.47. The number of halogens is 30. The van der Waals surface area contributed by atoms with Crippen molar-refractivity contribution in [2.24, 2.45) is 0 Å². The Kier molecular flexibility index (Phi) is 12.3. The first-order valence-electron chi connectivity index (χ1n) is 10.9. The molecule has 0 fully saturated rings. The molecule has 0 saturated heterocycles. The van der Waals surface area contributed by atoms with Crippen LogP contribution in [0, 0.1) is 0 Å². The third-order valence-corrected chi connectivity index (χ3v) is 7.54. The summed E-state index contributed by atoms with van der Waals surface area (Å²) < 4.78 is 466. The molecule has 0 spiro atoms. The molecule has 0 saturated carbocycles. The Morgan fingerprint density at radius 2 is 0.436 bits per heavy atom. The van der Waals surface area contributed by atoms with Crippen molar-refractivity contribution in [2.75, 3.05) is 0 Å². The van der Waals surface area contributed by atoms with Crippen LogP contribution in [0.1, 0.15) is 0 Å². The summed E-state index contributed by atoms with van der Waals surface area (Å²) >= 11 is 0. The van der Waals surface area contributed by atoms with Gasteiger partial charge in [-0.15, -0.1) is 0 Å². The minimum atomic E-state index is -10.3. The van der Waals surface area contributed by atoms with Gasteiger partial charge in [-0.25, -0.2) is 0 Å². The van der Waals surface area contributed by atoms with Gasteiger partial charge in [-0.1, -0.05) is 0 Å². The Bertz CT molecular complexity index is 1540. The van der Waals surface area contributed by atoms with Crippen molar-refractivity contribution in [1.82, 2.24) is 0 Å². The molecule has 55 heavy (non-hydrogen) atoms. The van der Waals surface area contributed by atoms with Crippen LogP contribution in [-0.2, 0) is 29.7 Å². The highest BCUT2D eigenvalue weighted by molar-refractivity contribution is 7.87. The van der Waals surface area contributed by atoms with Crippen LogP contribution in [0.2, 0.25) is 0 Å². The van der Waals surface area contributed by atoms with Gasteiger partial charge in [-0.05, 0) is 0 Å². The second-order valence-corrected chi connectivity index (χ2v) is 12.4. The smallest absolute Gasteiger partial charge is 0.281 e. The molecular weight excluding hydrogens is 942 g/mol. The van der Waals surface area contributed by atoms with Crippen LogP contribution >= 0.6 is 0 Å². The highest BCUT2D eigenvalue weighted by Crippen LogP contribution is 2.68. The molecule has 0 aliphatic heterocycles. The first-order valence-corrected chi connectivity index (χ1v) is 13.8. The molecular formula is C15H2F30O8S2. The van der Waals surface area contributed by atoms with Crippen LogP contribution in [0.25, 0.3) is 0 Å². The fraction of sp³-hybridized carbons (Fsp3) is 1.00. The molecule has 0 radical (unpaired) electrons. The maximum Gasteiger partial charge on any atom is 0.460 e. The zero-order valence-electron chi connectivity index (χ0n) is 23.0. The Hall–Kier alpha value is -2.36. The second kappa shape index (κ2) is 12.8. The van der Waals surface area contributed by atoms with E-state index in [0.717, 1.165) is 9.47 Å². The SMILES string of the molecule is O=S(=O)(O)C(F)(F)C(F)(F)OC(F)(C(F)(F)F)C(F)(F)C(F)(F)C(F)(F)C(F)(F)C(F)(F)C(F)(F)C(F)(F)C(F)(OC(F)(F)C(F)(F)S(=O)(=O)O)C(F)(F)F. The standard InChI is InChI=1S/C15H2F30O8S2/c16-1(17,2(18,19)4(22,23)6(26,27)8(30,10(32,33)34)52-12(38,39)14(42,43)54(46,47)48)3(20,21)5(24,25)7(28,29)9(31,11(35,36)37)53-13(40,41)15(44,45)55(49,50)51/h(H,46,47,48)(H,49,50,51). The largest absolute Gasteiger partial charge is 0.460 e. The van der Waals surface area contributed by atoms with E-state index in [-0.39, 0.29) is 0 Å². The molecule has 0 aromatic rings. The van der Waals surface area contributed by atoms with E-state index in [2.05, 4.69) is 0 Å². The molecule has 0 aliphatic rings. The zero-order chi connectivity index (χ0) is 45.9. The number of hydrogen-bond acceptors (Lipinski definition) is 6. The first kappa shape index (κ1) is 52.6. The second-order valence-electron chi connectivity index (χ2n) is 9.43. The summed E-state index contributed by atoms with van der Waals surface area (Å²) in [7, 11) is -16.5. The summed E-state index contributed by atoms with van der Waals surface area (Å²) in [5, 5.41) is -16.2. The lowest BCUT2D eigenvalue weighted by molar-refractivity contribution is -0.527. The summed E-state index contributed by atoms with van der Waals surface area (Å²) in [4.78, 5) is 0. The van der Waals surface area contributed by atoms with Crippen molar-refractivity contribution < 1.29 is 167 Å². The van der Waals surface area contributed by atoms with Crippen LogP contribution in [0.4, 0.5) is 132 Å². The quantitative estimate of drug-likeness (QED) is 0.118. The van der Waals surface area contributed by atoms with Gasteiger partial charge in [0.2, 0.25) is 0 Å². The average molecular weight is 944 g/mol. The Labute approximate surface area is 276 Å². The minimum absolute atomic E-state index is 0.765. The van der Waals surface area contributed by atoms with Gasteiger partial charge in [-0.2, -0.15) is 149 Å². The van der Waals surface area contributed by atoms with Gasteiger partial charge in [0.15, 0.2) is 0 Å². The van der Waals surface area contributed by atoms with Gasteiger partial charge >= 0.3 is 108 Å². The van der Waals surface area contributed by atoms with Gasteiger partial charge in [-0.3, -0.25) is 18.6 Å². The average Bonchev–Trinajstić information content (AvgIpc) is 2.88. The molecule has 2 N–H and O–H groups in total. The first-order chi connectivity index (χ1) is 22.9. The number of ether oxygens (including phenoxy) is 2. The van der Waals surface area contributed by atoms with Gasteiger partial charge in [0.05, 0.1) is 0 Å². The van der Waals surface area contributed by atoms with Crippen molar-refractivity contribution in [3.8, 4) is 0 Å². The van der Waals surface area contributed by atoms with Gasteiger partial charge in [0, 0.05) is 0 Å². The van der Waals surface area contributed by atoms with Crippen molar-refractivity contribution in [1.29, 1.82) is 0 Å². The van der Waals surface area contributed by atoms with Crippen LogP contribution in [0.3, 0.4) is 0 Å². The summed E-state index contributed by atoms with van der Waals surface area (Å²) in [6, 6.07) is 0. The predicted molar refractivity (Wildman–Crippen MR) is 99.5 cm³/mol. The monoisotopic (exact) mass is 944 g/mol. The van der Waals surface area contributed by atoms with E-state index >= 15 is 0 Å². The lowest BCUT2D eigenvalue weighted by Crippen LogP contribution is -2.79. The maximum absolute atomic E-state index is 14.2. The number of rotatable bonds is 16. The summed E-state index contributed by atoms with van der Waals surface area (Å²) in [5.41, 5.74) is 0. The normalized spacial score (nSPS) is 18.9. The van der Waals surface area contributed by atoms with Crippen LogP contribution < -0.4 is 0 Å². The molecule has 0 rings (SSSR count). The Morgan fingerprint density at radius 1 is 0.291 bits per heavy atom. The van der Waals surface area contributed by atoms with E-state index < -0.39 is 108 Å². The van der Waals surface area contributed by atoms with Crippen molar-refractivity contribution in [3.63, 3.8) is 0 Å². The van der Waals surface area contributed by atoms with Gasteiger partial charge in [0.25, 0.3) is 0 Å². The molecule has 0 aromatic carbocycles. The Balaban J connectivity index is 8.03. The molecule has 0 heterocycles. The van der Waals surface area contributed by atoms with E-state index in [1.54, 1.807) is 0 Å². The molecule has 8 nitrogen and oxygen atoms in total. The lowest BCUT2D eigenvalue weighted by atomic mass is 9.85. The third kappa shape index (κ3) is 6.92. The van der Waals surface area contributed by atoms with Crippen LogP contribution in [-0.4, -0.2) is 114 Å². The molecule has 2 atom stereocenters. The summed E-state index contributed by atoms with van der Waals surface area (Å²) in [5.74, 6) is -90.1. The fourth-order valence-electron chi connectivity index (χ4n) is 2.76. The molecule has 0 aliphatic carbocycles. The highest BCUT2D eigenvalue weighted by Gasteiger charge is 3.00. The topological polar surface area (TPSA) is 127 Å². The number of hydrogen-bond donors (Lipinski definition) is 2. The number of alkyl halides is 30. The van der Waals surface area contributed by atoms with Gasteiger partial charge in [0.1, 0.15) is 0 Å². The Morgan fingerprint density at radius 3 is 0.564 bits per heavy atom. The fourth-order valence-corrected chi connectivity index (χ4v) is 3.45. The van der Waals surface area contributed by atoms with Crippen LogP contribution in [0.15, 0.2) is 0 Å². The molecule has 0 bridgehead atoms. The van der Waals surface area contributed by atoms with Crippen molar-refractivity contribution in [3.05, 3.63) is 0 Å². The van der Waals surface area contributed by atoms with Crippen LogP contribution in [0.5, 0.6) is 0 Å². The van der Waals surface area contributed by atoms with E-state index in [1.165, 1.54) is 0 Å². The predicted octanol–water partition coefficient (Wildman–Crippen LogP) is 8.07. The highest BCUT2D eigenvalue weighted by atomic mass is 32.2. The maximum atomic E-state index is 14.2. The molecule has 40 heteroatoms. The molecule has 0 amide bonds. The van der Waals surface area contributed by atoms with E-state index in [1.807, 2.05) is 0 Å². The molecule has 2 unspecified atom stereocenters. The van der Waals surface area contributed by atoms with Crippen molar-refractivity contribution >= 4 is 20.2 Å². The molecule has 332 valence electrons. The minimum Gasteiger partial charge on any atom is -0.281 e.